The Labute approximate surface area is 101 Å². The van der Waals surface area contributed by atoms with Gasteiger partial charge >= 0.3 is 0 Å². The van der Waals surface area contributed by atoms with Crippen LogP contribution in [-0.4, -0.2) is 24.0 Å². The number of hydrazine groups is 1. The molecule has 1 fully saturated rings. The molecule has 0 spiro atoms. The van der Waals surface area contributed by atoms with Crippen molar-refractivity contribution in [2.45, 2.75) is 25.3 Å². The highest BCUT2D eigenvalue weighted by molar-refractivity contribution is 5.76. The highest BCUT2D eigenvalue weighted by Crippen LogP contribution is 2.17. The lowest BCUT2D eigenvalue weighted by Gasteiger charge is -2.32. The number of hydrogen-bond acceptors (Lipinski definition) is 3. The minimum atomic E-state index is -0.101. The molecule has 1 saturated heterocycles. The van der Waals surface area contributed by atoms with Crippen LogP contribution in [-0.2, 0) is 4.79 Å². The molecule has 0 aromatic carbocycles. The summed E-state index contributed by atoms with van der Waals surface area (Å²) in [4.78, 5) is 16.8. The van der Waals surface area contributed by atoms with E-state index in [0.717, 1.165) is 13.0 Å². The maximum Gasteiger partial charge on any atom is 0.289 e. The van der Waals surface area contributed by atoms with Crippen molar-refractivity contribution in [1.82, 2.24) is 10.4 Å². The number of hydrogen-bond donors (Lipinski definition) is 3. The van der Waals surface area contributed by atoms with Gasteiger partial charge in [0.1, 0.15) is 6.04 Å². The first-order chi connectivity index (χ1) is 8.31. The molecule has 1 aliphatic heterocycles. The van der Waals surface area contributed by atoms with Gasteiger partial charge in [-0.05, 0) is 18.9 Å². The van der Waals surface area contributed by atoms with Gasteiger partial charge in [0.25, 0.3) is 5.91 Å². The third-order valence-corrected chi connectivity index (χ3v) is 3.37. The Morgan fingerprint density at radius 1 is 1.59 bits per heavy atom. The highest BCUT2D eigenvalue weighted by Gasteiger charge is 2.29. The first-order valence-corrected chi connectivity index (χ1v) is 6.05. The number of pyridine rings is 1. The summed E-state index contributed by atoms with van der Waals surface area (Å²) in [6, 6.07) is 4.41. The van der Waals surface area contributed by atoms with Crippen molar-refractivity contribution in [3.63, 3.8) is 0 Å². The van der Waals surface area contributed by atoms with Crippen LogP contribution in [0.3, 0.4) is 0 Å². The third-order valence-electron chi connectivity index (χ3n) is 3.37. The van der Waals surface area contributed by atoms with E-state index < -0.39 is 0 Å². The quantitative estimate of drug-likeness (QED) is 0.364. The second kappa shape index (κ2) is 5.75. The lowest BCUT2D eigenvalue weighted by Crippen LogP contribution is -3.14. The van der Waals surface area contributed by atoms with E-state index in [4.69, 9.17) is 5.84 Å². The van der Waals surface area contributed by atoms with Crippen molar-refractivity contribution in [2.24, 2.45) is 5.84 Å². The molecule has 17 heavy (non-hydrogen) atoms. The SMILES string of the molecule is NNC(=O)C[NH+]1CCCC[C@@H]1c1cccnc1. The van der Waals surface area contributed by atoms with E-state index in [2.05, 4.69) is 16.5 Å². The third kappa shape index (κ3) is 3.01. The van der Waals surface area contributed by atoms with Crippen molar-refractivity contribution in [3.8, 4) is 0 Å². The molecular formula is C12H19N4O+. The Balaban J connectivity index is 2.09. The summed E-state index contributed by atoms with van der Waals surface area (Å²) in [5.41, 5.74) is 3.42. The molecule has 0 bridgehead atoms. The Morgan fingerprint density at radius 3 is 3.18 bits per heavy atom. The molecule has 2 atom stereocenters. The lowest BCUT2D eigenvalue weighted by molar-refractivity contribution is -0.929. The molecule has 2 rings (SSSR count). The van der Waals surface area contributed by atoms with E-state index in [1.807, 2.05) is 12.3 Å². The topological polar surface area (TPSA) is 72.4 Å². The number of quaternary nitrogens is 1. The number of likely N-dealkylation sites (tertiary alicyclic amines) is 1. The van der Waals surface area contributed by atoms with Crippen LogP contribution in [0.4, 0.5) is 0 Å². The van der Waals surface area contributed by atoms with E-state index in [1.165, 1.54) is 23.3 Å². The van der Waals surface area contributed by atoms with Gasteiger partial charge in [-0.15, -0.1) is 0 Å². The van der Waals surface area contributed by atoms with Crippen molar-refractivity contribution in [2.75, 3.05) is 13.1 Å². The van der Waals surface area contributed by atoms with Crippen LogP contribution in [0.15, 0.2) is 24.5 Å². The molecule has 92 valence electrons. The monoisotopic (exact) mass is 235 g/mol. The number of nitrogens with zero attached hydrogens (tertiary/aromatic N) is 1. The van der Waals surface area contributed by atoms with Gasteiger partial charge in [0.05, 0.1) is 6.54 Å². The van der Waals surface area contributed by atoms with Crippen LogP contribution in [0, 0.1) is 0 Å². The summed E-state index contributed by atoms with van der Waals surface area (Å²) in [7, 11) is 0. The largest absolute Gasteiger partial charge is 0.321 e. The van der Waals surface area contributed by atoms with Gasteiger partial charge in [0.15, 0.2) is 6.54 Å². The molecule has 1 amide bonds. The Morgan fingerprint density at radius 2 is 2.47 bits per heavy atom. The standard InChI is InChI=1S/C12H18N4O/c13-15-12(17)9-16-7-2-1-5-11(16)10-4-3-6-14-8-10/h3-4,6,8,11H,1-2,5,7,9,13H2,(H,15,17)/p+1/t11-/m1/s1. The predicted octanol–water partition coefficient (Wildman–Crippen LogP) is -0.819. The average Bonchev–Trinajstić information content (AvgIpc) is 2.40. The van der Waals surface area contributed by atoms with Crippen molar-refractivity contribution in [1.29, 1.82) is 0 Å². The van der Waals surface area contributed by atoms with Gasteiger partial charge in [0.2, 0.25) is 0 Å². The fraction of sp³-hybridized carbons (Fsp3) is 0.500. The van der Waals surface area contributed by atoms with E-state index >= 15 is 0 Å². The van der Waals surface area contributed by atoms with Gasteiger partial charge in [-0.2, -0.15) is 0 Å². The van der Waals surface area contributed by atoms with E-state index in [0.29, 0.717) is 12.6 Å². The first-order valence-electron chi connectivity index (χ1n) is 6.05. The highest BCUT2D eigenvalue weighted by atomic mass is 16.2. The number of amides is 1. The number of aromatic nitrogens is 1. The summed E-state index contributed by atoms with van der Waals surface area (Å²) >= 11 is 0. The molecule has 2 heterocycles. The maximum absolute atomic E-state index is 11.4. The minimum absolute atomic E-state index is 0.101. The van der Waals surface area contributed by atoms with Crippen LogP contribution in [0.1, 0.15) is 30.9 Å². The van der Waals surface area contributed by atoms with Crippen LogP contribution in [0.5, 0.6) is 0 Å². The molecular weight excluding hydrogens is 216 g/mol. The van der Waals surface area contributed by atoms with Gasteiger partial charge in [-0.1, -0.05) is 6.07 Å². The number of nitrogens with one attached hydrogen (secondary N) is 2. The molecule has 0 radical (unpaired) electrons. The van der Waals surface area contributed by atoms with E-state index in [-0.39, 0.29) is 5.91 Å². The molecule has 0 saturated carbocycles. The van der Waals surface area contributed by atoms with Crippen LogP contribution >= 0.6 is 0 Å². The molecule has 5 nitrogen and oxygen atoms in total. The smallest absolute Gasteiger partial charge is 0.289 e. The van der Waals surface area contributed by atoms with Gasteiger partial charge in [0, 0.05) is 24.4 Å². The van der Waals surface area contributed by atoms with Gasteiger partial charge < -0.3 is 4.90 Å². The van der Waals surface area contributed by atoms with Gasteiger partial charge in [-0.25, -0.2) is 5.84 Å². The number of carbonyl (C=O) groups excluding carboxylic acids is 1. The zero-order valence-corrected chi connectivity index (χ0v) is 9.86. The Hall–Kier alpha value is -1.46. The number of piperidine rings is 1. The number of rotatable bonds is 3. The molecule has 1 aliphatic rings. The molecule has 1 unspecified atom stereocenters. The molecule has 5 heteroatoms. The molecule has 1 aromatic rings. The normalized spacial score (nSPS) is 24.3. The molecule has 1 aromatic heterocycles. The second-order valence-electron chi connectivity index (χ2n) is 4.49. The summed E-state index contributed by atoms with van der Waals surface area (Å²) in [6.07, 6.45) is 7.17. The maximum atomic E-state index is 11.4. The second-order valence-corrected chi connectivity index (χ2v) is 4.49. The molecule has 4 N–H and O–H groups in total. The van der Waals surface area contributed by atoms with E-state index in [1.54, 1.807) is 6.20 Å². The zero-order valence-electron chi connectivity index (χ0n) is 9.86. The summed E-state index contributed by atoms with van der Waals surface area (Å²) in [6.45, 7) is 1.46. The zero-order chi connectivity index (χ0) is 12.1. The summed E-state index contributed by atoms with van der Waals surface area (Å²) < 4.78 is 0. The van der Waals surface area contributed by atoms with Crippen molar-refractivity contribution < 1.29 is 9.69 Å². The summed E-state index contributed by atoms with van der Waals surface area (Å²) in [5, 5.41) is 0. The fourth-order valence-electron chi connectivity index (χ4n) is 2.53. The van der Waals surface area contributed by atoms with Crippen LogP contribution < -0.4 is 16.2 Å². The Bertz CT molecular complexity index is 368. The number of nitrogens with two attached hydrogens (primary N) is 1. The van der Waals surface area contributed by atoms with Crippen LogP contribution in [0.25, 0.3) is 0 Å². The number of carbonyl (C=O) groups is 1. The van der Waals surface area contributed by atoms with Crippen molar-refractivity contribution >= 4 is 5.91 Å². The lowest BCUT2D eigenvalue weighted by atomic mass is 9.96. The minimum Gasteiger partial charge on any atom is -0.321 e. The fourth-order valence-corrected chi connectivity index (χ4v) is 2.53. The Kier molecular flexibility index (Phi) is 4.06. The molecule has 0 aliphatic carbocycles. The van der Waals surface area contributed by atoms with E-state index in [9.17, 15) is 4.79 Å². The van der Waals surface area contributed by atoms with Crippen molar-refractivity contribution in [3.05, 3.63) is 30.1 Å². The first kappa shape index (κ1) is 12.0. The predicted molar refractivity (Wildman–Crippen MR) is 63.9 cm³/mol. The summed E-state index contributed by atoms with van der Waals surface area (Å²) in [5.74, 6) is 5.05. The van der Waals surface area contributed by atoms with Gasteiger partial charge in [-0.3, -0.25) is 15.2 Å². The van der Waals surface area contributed by atoms with Crippen LogP contribution in [0.2, 0.25) is 0 Å². The average molecular weight is 235 g/mol.